The minimum absolute atomic E-state index is 0.0416. The maximum Gasteiger partial charge on any atom is 0.262 e. The molecule has 2 heterocycles. The highest BCUT2D eigenvalue weighted by Gasteiger charge is 2.31. The van der Waals surface area contributed by atoms with Gasteiger partial charge < -0.3 is 10.1 Å². The second-order valence-corrected chi connectivity index (χ2v) is 7.34. The van der Waals surface area contributed by atoms with Crippen LogP contribution in [0.2, 0.25) is 0 Å². The highest BCUT2D eigenvalue weighted by molar-refractivity contribution is 7.91. The van der Waals surface area contributed by atoms with Gasteiger partial charge in [0.1, 0.15) is 11.4 Å². The molecule has 1 aliphatic rings. The predicted octanol–water partition coefficient (Wildman–Crippen LogP) is 1.04. The Morgan fingerprint density at radius 2 is 1.95 bits per heavy atom. The van der Waals surface area contributed by atoms with E-state index in [-0.39, 0.29) is 34.7 Å². The molecule has 1 atom stereocenters. The number of hydrogen-bond acceptors (Lipinski definition) is 5. The molecule has 1 aromatic carbocycles. The van der Waals surface area contributed by atoms with Crippen molar-refractivity contribution in [3.05, 3.63) is 46.5 Å². The molecule has 21 heavy (non-hydrogen) atoms. The second kappa shape index (κ2) is 5.00. The van der Waals surface area contributed by atoms with Crippen molar-refractivity contribution in [1.29, 1.82) is 0 Å². The predicted molar refractivity (Wildman–Crippen MR) is 78.0 cm³/mol. The van der Waals surface area contributed by atoms with Gasteiger partial charge in [0.15, 0.2) is 9.84 Å². The standard InChI is InChI=1S/C14H14N2O4S/c17-13-11(9-4-2-1-3-5-9)14(18)16-12(15-13)10-6-7-21(19,20)8-10/h1-5,10H,6-8H2,(H2,15,16,17,18). The summed E-state index contributed by atoms with van der Waals surface area (Å²) in [5.41, 5.74) is 0.197. The lowest BCUT2D eigenvalue weighted by atomic mass is 10.1. The number of aromatic hydroxyl groups is 1. The summed E-state index contributed by atoms with van der Waals surface area (Å²) in [6, 6.07) is 8.72. The van der Waals surface area contributed by atoms with Crippen LogP contribution in [-0.4, -0.2) is 35.0 Å². The molecule has 0 amide bonds. The molecule has 2 aromatic rings. The number of nitrogens with one attached hydrogen (secondary N) is 1. The van der Waals surface area contributed by atoms with E-state index in [0.29, 0.717) is 12.0 Å². The van der Waals surface area contributed by atoms with Gasteiger partial charge in [0.25, 0.3) is 5.56 Å². The Hall–Kier alpha value is -2.15. The molecule has 0 aliphatic carbocycles. The van der Waals surface area contributed by atoms with Crippen molar-refractivity contribution in [2.45, 2.75) is 12.3 Å². The fourth-order valence-electron chi connectivity index (χ4n) is 2.55. The van der Waals surface area contributed by atoms with E-state index in [9.17, 15) is 18.3 Å². The zero-order chi connectivity index (χ0) is 15.0. The number of H-pyrrole nitrogens is 1. The lowest BCUT2D eigenvalue weighted by Gasteiger charge is -2.09. The fraction of sp³-hybridized carbons (Fsp3) is 0.286. The molecule has 0 saturated carbocycles. The topological polar surface area (TPSA) is 100 Å². The van der Waals surface area contributed by atoms with E-state index < -0.39 is 15.4 Å². The van der Waals surface area contributed by atoms with Gasteiger partial charge in [-0.3, -0.25) is 4.79 Å². The van der Waals surface area contributed by atoms with Gasteiger partial charge in [-0.2, -0.15) is 4.98 Å². The summed E-state index contributed by atoms with van der Waals surface area (Å²) in [6.45, 7) is 0. The molecule has 1 aromatic heterocycles. The zero-order valence-electron chi connectivity index (χ0n) is 11.1. The molecule has 1 saturated heterocycles. The third kappa shape index (κ3) is 2.69. The summed E-state index contributed by atoms with van der Waals surface area (Å²) in [5.74, 6) is -0.455. The summed E-state index contributed by atoms with van der Waals surface area (Å²) in [4.78, 5) is 18.8. The van der Waals surface area contributed by atoms with E-state index in [1.165, 1.54) is 0 Å². The molecular formula is C14H14N2O4S. The van der Waals surface area contributed by atoms with Crippen LogP contribution < -0.4 is 5.56 Å². The summed E-state index contributed by atoms with van der Waals surface area (Å²) in [5, 5.41) is 10.0. The van der Waals surface area contributed by atoms with Gasteiger partial charge in [-0.1, -0.05) is 30.3 Å². The first kappa shape index (κ1) is 13.8. The third-order valence-electron chi connectivity index (χ3n) is 3.60. The lowest BCUT2D eigenvalue weighted by molar-refractivity contribution is 0.447. The fourth-order valence-corrected chi connectivity index (χ4v) is 4.30. The molecule has 1 unspecified atom stereocenters. The molecular weight excluding hydrogens is 292 g/mol. The van der Waals surface area contributed by atoms with Crippen molar-refractivity contribution in [1.82, 2.24) is 9.97 Å². The van der Waals surface area contributed by atoms with Gasteiger partial charge in [0.05, 0.1) is 11.5 Å². The summed E-state index contributed by atoms with van der Waals surface area (Å²) in [6.07, 6.45) is 0.412. The quantitative estimate of drug-likeness (QED) is 0.863. The van der Waals surface area contributed by atoms with E-state index in [1.54, 1.807) is 30.3 Å². The van der Waals surface area contributed by atoms with Gasteiger partial charge in [-0.05, 0) is 12.0 Å². The normalized spacial score (nSPS) is 20.5. The molecule has 6 nitrogen and oxygen atoms in total. The lowest BCUT2D eigenvalue weighted by Crippen LogP contribution is -2.17. The number of hydrogen-bond donors (Lipinski definition) is 2. The van der Waals surface area contributed by atoms with E-state index in [2.05, 4.69) is 9.97 Å². The van der Waals surface area contributed by atoms with E-state index in [0.717, 1.165) is 0 Å². The average Bonchev–Trinajstić information content (AvgIpc) is 2.79. The highest BCUT2D eigenvalue weighted by atomic mass is 32.2. The van der Waals surface area contributed by atoms with E-state index in [1.807, 2.05) is 0 Å². The third-order valence-corrected chi connectivity index (χ3v) is 5.37. The number of aromatic nitrogens is 2. The highest BCUT2D eigenvalue weighted by Crippen LogP contribution is 2.29. The summed E-state index contributed by atoms with van der Waals surface area (Å²) >= 11 is 0. The molecule has 0 radical (unpaired) electrons. The Bertz CT molecular complexity index is 828. The number of rotatable bonds is 2. The van der Waals surface area contributed by atoms with E-state index in [4.69, 9.17) is 0 Å². The van der Waals surface area contributed by atoms with Gasteiger partial charge in [-0.25, -0.2) is 8.42 Å². The Kier molecular flexibility index (Phi) is 3.29. The Balaban J connectivity index is 2.04. The molecule has 0 spiro atoms. The van der Waals surface area contributed by atoms with Crippen LogP contribution in [0, 0.1) is 0 Å². The molecule has 0 bridgehead atoms. The summed E-state index contributed by atoms with van der Waals surface area (Å²) in [7, 11) is -3.08. The molecule has 110 valence electrons. The zero-order valence-corrected chi connectivity index (χ0v) is 11.9. The van der Waals surface area contributed by atoms with Crippen LogP contribution in [0.25, 0.3) is 11.1 Å². The molecule has 1 fully saturated rings. The minimum Gasteiger partial charge on any atom is -0.493 e. The van der Waals surface area contributed by atoms with Gasteiger partial charge in [0, 0.05) is 5.92 Å². The smallest absolute Gasteiger partial charge is 0.262 e. The van der Waals surface area contributed by atoms with Crippen LogP contribution in [0.4, 0.5) is 0 Å². The first-order chi connectivity index (χ1) is 9.96. The van der Waals surface area contributed by atoms with Crippen LogP contribution >= 0.6 is 0 Å². The largest absolute Gasteiger partial charge is 0.493 e. The number of aromatic amines is 1. The van der Waals surface area contributed by atoms with Crippen LogP contribution in [0.3, 0.4) is 0 Å². The first-order valence-electron chi connectivity index (χ1n) is 6.55. The summed E-state index contributed by atoms with van der Waals surface area (Å²) < 4.78 is 23.0. The first-order valence-corrected chi connectivity index (χ1v) is 8.37. The van der Waals surface area contributed by atoms with Crippen molar-refractivity contribution in [2.75, 3.05) is 11.5 Å². The Morgan fingerprint density at radius 3 is 2.52 bits per heavy atom. The van der Waals surface area contributed by atoms with Crippen LogP contribution in [0.5, 0.6) is 5.88 Å². The second-order valence-electron chi connectivity index (χ2n) is 5.12. The molecule has 1 aliphatic heterocycles. The van der Waals surface area contributed by atoms with Crippen LogP contribution in [-0.2, 0) is 9.84 Å². The van der Waals surface area contributed by atoms with Crippen LogP contribution in [0.1, 0.15) is 18.2 Å². The maximum atomic E-state index is 12.2. The van der Waals surface area contributed by atoms with Gasteiger partial charge >= 0.3 is 0 Å². The van der Waals surface area contributed by atoms with Crippen molar-refractivity contribution < 1.29 is 13.5 Å². The molecule has 3 rings (SSSR count). The maximum absolute atomic E-state index is 12.2. The molecule has 7 heteroatoms. The van der Waals surface area contributed by atoms with E-state index >= 15 is 0 Å². The number of sulfone groups is 1. The average molecular weight is 306 g/mol. The monoisotopic (exact) mass is 306 g/mol. The van der Waals surface area contributed by atoms with Crippen molar-refractivity contribution in [2.24, 2.45) is 0 Å². The van der Waals surface area contributed by atoms with Gasteiger partial charge in [0.2, 0.25) is 5.88 Å². The van der Waals surface area contributed by atoms with Crippen LogP contribution in [0.15, 0.2) is 35.1 Å². The van der Waals surface area contributed by atoms with Gasteiger partial charge in [-0.15, -0.1) is 0 Å². The van der Waals surface area contributed by atoms with Crippen molar-refractivity contribution >= 4 is 9.84 Å². The Labute approximate surface area is 121 Å². The van der Waals surface area contributed by atoms with Crippen molar-refractivity contribution in [3.63, 3.8) is 0 Å². The number of nitrogens with zero attached hydrogens (tertiary/aromatic N) is 1. The van der Waals surface area contributed by atoms with Crippen molar-refractivity contribution in [3.8, 4) is 17.0 Å². The number of benzene rings is 1. The minimum atomic E-state index is -3.08. The SMILES string of the molecule is O=c1[nH]c(C2CCS(=O)(=O)C2)nc(O)c1-c1ccccc1. The molecule has 2 N–H and O–H groups in total. The Morgan fingerprint density at radius 1 is 1.24 bits per heavy atom.